The van der Waals surface area contributed by atoms with Gasteiger partial charge in [-0.15, -0.1) is 0 Å². The van der Waals surface area contributed by atoms with E-state index in [1.807, 2.05) is 0 Å². The lowest BCUT2D eigenvalue weighted by atomic mass is 9.86. The first-order valence-corrected chi connectivity index (χ1v) is 21.1. The van der Waals surface area contributed by atoms with Gasteiger partial charge < -0.3 is 9.80 Å². The second-order valence-electron chi connectivity index (χ2n) is 18.7. The summed E-state index contributed by atoms with van der Waals surface area (Å²) in [5.74, 6) is 0.912. The molecule has 8 aromatic carbocycles. The number of fused-ring (bicyclic) bond motifs is 5. The minimum atomic E-state index is 0.00855. The number of hydrogen-bond donors (Lipinski definition) is 0. The summed E-state index contributed by atoms with van der Waals surface area (Å²) in [5.41, 5.74) is 12.3. The van der Waals surface area contributed by atoms with Gasteiger partial charge in [-0.05, 0) is 127 Å². The summed E-state index contributed by atoms with van der Waals surface area (Å²) in [5, 5.41) is 7.37. The number of anilines is 6. The Morgan fingerprint density at radius 1 is 0.328 bits per heavy atom. The van der Waals surface area contributed by atoms with Crippen LogP contribution in [-0.4, -0.2) is 0 Å². The van der Waals surface area contributed by atoms with Crippen LogP contribution in [0.15, 0.2) is 158 Å². The van der Waals surface area contributed by atoms with Gasteiger partial charge in [0.15, 0.2) is 0 Å². The molecule has 0 unspecified atom stereocenters. The van der Waals surface area contributed by atoms with E-state index in [1.54, 1.807) is 0 Å². The molecule has 0 atom stereocenters. The van der Waals surface area contributed by atoms with Crippen molar-refractivity contribution in [2.75, 3.05) is 9.80 Å². The first-order chi connectivity index (χ1) is 27.7. The van der Waals surface area contributed by atoms with Crippen LogP contribution in [0.5, 0.6) is 0 Å². The van der Waals surface area contributed by atoms with E-state index < -0.39 is 0 Å². The topological polar surface area (TPSA) is 6.48 Å². The van der Waals surface area contributed by atoms with Crippen LogP contribution in [0.3, 0.4) is 0 Å². The van der Waals surface area contributed by atoms with Crippen molar-refractivity contribution >= 4 is 66.4 Å². The highest BCUT2D eigenvalue weighted by molar-refractivity contribution is 6.24. The zero-order chi connectivity index (χ0) is 40.9. The molecule has 0 amide bonds. The Morgan fingerprint density at radius 2 is 0.672 bits per heavy atom. The van der Waals surface area contributed by atoms with Gasteiger partial charge in [-0.25, -0.2) is 0 Å². The molecular formula is C56H58N2. The van der Waals surface area contributed by atoms with Gasteiger partial charge in [-0.1, -0.05) is 166 Å². The Morgan fingerprint density at radius 3 is 1.00 bits per heavy atom. The smallest absolute Gasteiger partial charge is 0.0546 e. The molecule has 0 N–H and O–H groups in total. The summed E-state index contributed by atoms with van der Waals surface area (Å²) < 4.78 is 0. The Labute approximate surface area is 346 Å². The second kappa shape index (κ2) is 15.1. The Kier molecular flexibility index (Phi) is 10.2. The van der Waals surface area contributed by atoms with E-state index in [-0.39, 0.29) is 10.8 Å². The molecule has 0 saturated heterocycles. The van der Waals surface area contributed by atoms with Crippen molar-refractivity contribution in [3.8, 4) is 0 Å². The van der Waals surface area contributed by atoms with Gasteiger partial charge in [-0.2, -0.15) is 0 Å². The minimum Gasteiger partial charge on any atom is -0.310 e. The van der Waals surface area contributed by atoms with Gasteiger partial charge in [0, 0.05) is 33.5 Å². The fourth-order valence-corrected chi connectivity index (χ4v) is 8.38. The maximum atomic E-state index is 2.48. The average Bonchev–Trinajstić information content (AvgIpc) is 3.21. The summed E-state index contributed by atoms with van der Waals surface area (Å²) >= 11 is 0. The molecule has 292 valence electrons. The summed E-state index contributed by atoms with van der Waals surface area (Å²) in [6, 6.07) is 59.5. The fourth-order valence-electron chi connectivity index (χ4n) is 8.38. The Hall–Kier alpha value is -5.86. The standard InChI is InChI=1S/C56H58N2/c1-37(2)39-25-29-43(30-26-39)57(45-19-15-17-41(33-45)55(5,6)7)53-35-51-48-22-12-14-24-50(48)54(36-52(51)47-21-11-13-23-49(47)53)58(44-31-27-40(28-32-44)38(3)4)46-20-16-18-42(34-46)56(8,9)10/h11-38H,1-10H3. The lowest BCUT2D eigenvalue weighted by Gasteiger charge is -2.31. The highest BCUT2D eigenvalue weighted by Crippen LogP contribution is 2.48. The molecule has 0 aromatic heterocycles. The monoisotopic (exact) mass is 758 g/mol. The van der Waals surface area contributed by atoms with Crippen molar-refractivity contribution < 1.29 is 0 Å². The van der Waals surface area contributed by atoms with Gasteiger partial charge in [0.2, 0.25) is 0 Å². The van der Waals surface area contributed by atoms with Crippen molar-refractivity contribution in [2.24, 2.45) is 0 Å². The van der Waals surface area contributed by atoms with Gasteiger partial charge in [0.05, 0.1) is 11.4 Å². The van der Waals surface area contributed by atoms with E-state index in [0.717, 1.165) is 22.7 Å². The van der Waals surface area contributed by atoms with Gasteiger partial charge >= 0.3 is 0 Å². The van der Waals surface area contributed by atoms with Crippen molar-refractivity contribution in [3.05, 3.63) is 180 Å². The van der Waals surface area contributed by atoms with Crippen LogP contribution >= 0.6 is 0 Å². The molecule has 8 rings (SSSR count). The maximum absolute atomic E-state index is 2.48. The molecule has 0 spiro atoms. The molecule has 0 bridgehead atoms. The second-order valence-corrected chi connectivity index (χ2v) is 18.7. The lowest BCUT2D eigenvalue weighted by Crippen LogP contribution is -2.15. The molecule has 0 fully saturated rings. The van der Waals surface area contributed by atoms with Gasteiger partial charge in [-0.3, -0.25) is 0 Å². The van der Waals surface area contributed by atoms with Crippen LogP contribution in [0, 0.1) is 0 Å². The molecule has 0 saturated carbocycles. The molecule has 58 heavy (non-hydrogen) atoms. The molecule has 0 aliphatic rings. The number of benzene rings is 8. The zero-order valence-electron chi connectivity index (χ0n) is 36.1. The normalized spacial score (nSPS) is 12.3. The first kappa shape index (κ1) is 39.0. The van der Waals surface area contributed by atoms with Gasteiger partial charge in [0.25, 0.3) is 0 Å². The molecule has 0 aliphatic heterocycles. The highest BCUT2D eigenvalue weighted by Gasteiger charge is 2.24. The molecular weight excluding hydrogens is 701 g/mol. The third-order valence-corrected chi connectivity index (χ3v) is 11.9. The Bertz CT molecular complexity index is 2550. The minimum absolute atomic E-state index is 0.00855. The quantitative estimate of drug-likeness (QED) is 0.142. The van der Waals surface area contributed by atoms with Crippen LogP contribution < -0.4 is 9.80 Å². The largest absolute Gasteiger partial charge is 0.310 e. The van der Waals surface area contributed by atoms with Crippen LogP contribution in [0.2, 0.25) is 0 Å². The van der Waals surface area contributed by atoms with E-state index in [2.05, 4.69) is 237 Å². The summed E-state index contributed by atoms with van der Waals surface area (Å²) in [6.07, 6.45) is 0. The molecule has 8 aromatic rings. The zero-order valence-corrected chi connectivity index (χ0v) is 36.1. The van der Waals surface area contributed by atoms with Crippen molar-refractivity contribution in [1.82, 2.24) is 0 Å². The van der Waals surface area contributed by atoms with E-state index >= 15 is 0 Å². The molecule has 2 heteroatoms. The van der Waals surface area contributed by atoms with Gasteiger partial charge in [0.1, 0.15) is 0 Å². The average molecular weight is 759 g/mol. The number of hydrogen-bond acceptors (Lipinski definition) is 2. The SMILES string of the molecule is CC(C)c1ccc(N(c2cccc(C(C)(C)C)c2)c2cc3c4ccccc4c(N(c4ccc(C(C)C)cc4)c4cccc(C(C)(C)C)c4)cc3c3ccccc23)cc1. The third kappa shape index (κ3) is 7.37. The molecule has 0 radical (unpaired) electrons. The van der Waals surface area contributed by atoms with E-state index in [0.29, 0.717) is 11.8 Å². The molecule has 0 heterocycles. The summed E-state index contributed by atoms with van der Waals surface area (Å²) in [4.78, 5) is 4.95. The van der Waals surface area contributed by atoms with E-state index in [9.17, 15) is 0 Å². The molecule has 0 aliphatic carbocycles. The fraction of sp³-hybridized carbons (Fsp3) is 0.250. The van der Waals surface area contributed by atoms with E-state index in [1.165, 1.54) is 65.9 Å². The van der Waals surface area contributed by atoms with Crippen LogP contribution in [-0.2, 0) is 10.8 Å². The predicted molar refractivity (Wildman–Crippen MR) is 254 cm³/mol. The van der Waals surface area contributed by atoms with Crippen molar-refractivity contribution in [2.45, 2.75) is 91.9 Å². The van der Waals surface area contributed by atoms with Crippen molar-refractivity contribution in [3.63, 3.8) is 0 Å². The predicted octanol–water partition coefficient (Wildman–Crippen LogP) is 16.9. The maximum Gasteiger partial charge on any atom is 0.0546 e. The number of rotatable bonds is 8. The van der Waals surface area contributed by atoms with Crippen molar-refractivity contribution in [1.29, 1.82) is 0 Å². The summed E-state index contributed by atoms with van der Waals surface area (Å²) in [7, 11) is 0. The first-order valence-electron chi connectivity index (χ1n) is 21.1. The van der Waals surface area contributed by atoms with Crippen LogP contribution in [0.1, 0.15) is 103 Å². The highest BCUT2D eigenvalue weighted by atomic mass is 15.2. The van der Waals surface area contributed by atoms with Crippen LogP contribution in [0.4, 0.5) is 34.1 Å². The molecule has 2 nitrogen and oxygen atoms in total. The lowest BCUT2D eigenvalue weighted by molar-refractivity contribution is 0.590. The number of nitrogens with zero attached hydrogens (tertiary/aromatic N) is 2. The Balaban J connectivity index is 1.44. The van der Waals surface area contributed by atoms with E-state index in [4.69, 9.17) is 0 Å². The third-order valence-electron chi connectivity index (χ3n) is 11.9. The van der Waals surface area contributed by atoms with Crippen LogP contribution in [0.25, 0.3) is 32.3 Å². The summed E-state index contributed by atoms with van der Waals surface area (Å²) in [6.45, 7) is 22.8.